The summed E-state index contributed by atoms with van der Waals surface area (Å²) >= 11 is -1.69. The van der Waals surface area contributed by atoms with Crippen LogP contribution in [-0.2, 0) is 11.4 Å². The van der Waals surface area contributed by atoms with Gasteiger partial charge in [0.15, 0.2) is 0 Å². The van der Waals surface area contributed by atoms with Crippen molar-refractivity contribution >= 4 is 44.7 Å². The molecule has 5 heteroatoms. The molecular formula is C4H11AlNaO3. The van der Waals surface area contributed by atoms with E-state index in [4.69, 9.17) is 11.4 Å². The summed E-state index contributed by atoms with van der Waals surface area (Å²) in [6.07, 6.45) is 0. The Bertz CT molecular complexity index is 51.1. The number of hydrogen-bond acceptors (Lipinski definition) is 3. The maximum atomic E-state index is 5.03. The van der Waals surface area contributed by atoms with Crippen LogP contribution in [0, 0.1) is 0 Å². The molecule has 9 heavy (non-hydrogen) atoms. The van der Waals surface area contributed by atoms with Gasteiger partial charge in [-0.25, -0.2) is 0 Å². The van der Waals surface area contributed by atoms with Crippen molar-refractivity contribution in [3.05, 3.63) is 0 Å². The molecular weight excluding hydrogens is 146 g/mol. The van der Waals surface area contributed by atoms with Gasteiger partial charge in [0.25, 0.3) is 0 Å². The molecule has 0 aliphatic heterocycles. The molecule has 0 aliphatic rings. The first-order valence-electron chi connectivity index (χ1n) is 2.52. The van der Waals surface area contributed by atoms with Gasteiger partial charge in [-0.1, -0.05) is 0 Å². The normalized spacial score (nSPS) is 8.33. The molecule has 0 spiro atoms. The maximum Gasteiger partial charge on any atom is 0.905 e. The Balaban J connectivity index is 0. The second kappa shape index (κ2) is 9.41. The summed E-state index contributed by atoms with van der Waals surface area (Å²) in [5.74, 6) is 0. The smallest absolute Gasteiger partial charge is 0.457 e. The van der Waals surface area contributed by atoms with Gasteiger partial charge in [-0.05, 0) is 6.92 Å². The molecule has 0 fully saturated rings. The van der Waals surface area contributed by atoms with Gasteiger partial charge in [-0.2, -0.15) is 0 Å². The largest absolute Gasteiger partial charge is 0.905 e. The third kappa shape index (κ3) is 7.31. The van der Waals surface area contributed by atoms with Gasteiger partial charge in [-0.3, -0.25) is 0 Å². The molecule has 0 aliphatic carbocycles. The zero-order valence-corrected chi connectivity index (χ0v) is 9.66. The van der Waals surface area contributed by atoms with Crippen LogP contribution in [0.25, 0.3) is 0 Å². The van der Waals surface area contributed by atoms with Crippen LogP contribution in [0.2, 0.25) is 0 Å². The van der Waals surface area contributed by atoms with Crippen molar-refractivity contribution < 1.29 is 11.4 Å². The molecule has 0 aromatic heterocycles. The minimum Gasteiger partial charge on any atom is -0.457 e. The molecule has 0 unspecified atom stereocenters. The van der Waals surface area contributed by atoms with E-state index in [0.29, 0.717) is 6.61 Å². The van der Waals surface area contributed by atoms with Crippen LogP contribution < -0.4 is 0 Å². The predicted octanol–water partition coefficient (Wildman–Crippen LogP) is -0.0802. The van der Waals surface area contributed by atoms with E-state index in [1.165, 1.54) is 0 Å². The Kier molecular flexibility index (Phi) is 13.6. The molecule has 0 atom stereocenters. The van der Waals surface area contributed by atoms with Crippen molar-refractivity contribution in [3.8, 4) is 0 Å². The van der Waals surface area contributed by atoms with Crippen LogP contribution in [0.15, 0.2) is 0 Å². The third-order valence-corrected chi connectivity index (χ3v) is 2.06. The Labute approximate surface area is 83.3 Å². The molecule has 0 aromatic carbocycles. The fourth-order valence-electron chi connectivity index (χ4n) is 0.368. The molecule has 0 aromatic rings. The second-order valence-electron chi connectivity index (χ2n) is 1.22. The molecule has 1 radical (unpaired) electrons. The molecule has 3 nitrogen and oxygen atoms in total. The summed E-state index contributed by atoms with van der Waals surface area (Å²) in [7, 11) is 3.19. The van der Waals surface area contributed by atoms with E-state index in [0.717, 1.165) is 0 Å². The summed E-state index contributed by atoms with van der Waals surface area (Å²) in [6.45, 7) is 2.58. The van der Waals surface area contributed by atoms with Crippen molar-refractivity contribution in [1.82, 2.24) is 0 Å². The zero-order valence-electron chi connectivity index (χ0n) is 6.51. The Morgan fingerprint density at radius 2 is 1.67 bits per heavy atom. The van der Waals surface area contributed by atoms with E-state index in [-0.39, 0.29) is 29.6 Å². The molecule has 0 bridgehead atoms. The summed E-state index contributed by atoms with van der Waals surface area (Å²) < 4.78 is 14.7. The molecule has 0 heterocycles. The Hall–Kier alpha value is 1.41. The standard InChI is InChI=1S/C2H5O.2CH3O.Al.Na/c1-2-3;2*1-2;;/h2H2,1H3;2*1H3;;/q3*-1;+3;. The number of hydrogen-bond donors (Lipinski definition) is 0. The van der Waals surface area contributed by atoms with Crippen LogP contribution in [0.5, 0.6) is 0 Å². The van der Waals surface area contributed by atoms with Crippen LogP contribution in [0.3, 0.4) is 0 Å². The topological polar surface area (TPSA) is 27.7 Å². The van der Waals surface area contributed by atoms with Crippen molar-refractivity contribution in [3.63, 3.8) is 0 Å². The quantitative estimate of drug-likeness (QED) is 0.534. The molecule has 49 valence electrons. The monoisotopic (exact) mass is 157 g/mol. The summed E-state index contributed by atoms with van der Waals surface area (Å²) in [6, 6.07) is 0. The van der Waals surface area contributed by atoms with Crippen LogP contribution in [-0.4, -0.2) is 65.5 Å². The minimum absolute atomic E-state index is 0. The van der Waals surface area contributed by atoms with Gasteiger partial charge in [-0.15, -0.1) is 0 Å². The summed E-state index contributed by atoms with van der Waals surface area (Å²) in [5, 5.41) is 0. The second-order valence-corrected chi connectivity index (χ2v) is 3.07. The molecule has 0 N–H and O–H groups in total. The van der Waals surface area contributed by atoms with Crippen molar-refractivity contribution in [1.29, 1.82) is 0 Å². The summed E-state index contributed by atoms with van der Waals surface area (Å²) in [5.41, 5.74) is 0. The first kappa shape index (κ1) is 13.0. The fourth-order valence-corrected chi connectivity index (χ4v) is 1.11. The van der Waals surface area contributed by atoms with E-state index in [1.807, 2.05) is 6.92 Å². The molecule has 0 saturated carbocycles. The van der Waals surface area contributed by atoms with Gasteiger partial charge in [0, 0.05) is 50.4 Å². The number of rotatable bonds is 4. The van der Waals surface area contributed by atoms with E-state index in [1.54, 1.807) is 14.2 Å². The zero-order chi connectivity index (χ0) is 6.41. The molecule has 0 amide bonds. The average Bonchev–Trinajstić information content (AvgIpc) is 1.83. The fraction of sp³-hybridized carbons (Fsp3) is 1.00. The van der Waals surface area contributed by atoms with Crippen LogP contribution in [0.1, 0.15) is 6.92 Å². The minimum atomic E-state index is -1.69. The van der Waals surface area contributed by atoms with Gasteiger partial charge in [0.2, 0.25) is 0 Å². The maximum absolute atomic E-state index is 5.03. The van der Waals surface area contributed by atoms with E-state index in [9.17, 15) is 0 Å². The Morgan fingerprint density at radius 1 is 1.22 bits per heavy atom. The van der Waals surface area contributed by atoms with E-state index in [2.05, 4.69) is 0 Å². The predicted molar refractivity (Wildman–Crippen MR) is 37.2 cm³/mol. The van der Waals surface area contributed by atoms with Gasteiger partial charge in [0.05, 0.1) is 0 Å². The van der Waals surface area contributed by atoms with E-state index >= 15 is 0 Å². The van der Waals surface area contributed by atoms with Gasteiger partial charge in [0.1, 0.15) is 0 Å². The molecule has 0 saturated heterocycles. The van der Waals surface area contributed by atoms with Gasteiger partial charge < -0.3 is 11.4 Å². The van der Waals surface area contributed by atoms with E-state index < -0.39 is 15.1 Å². The van der Waals surface area contributed by atoms with Crippen molar-refractivity contribution in [2.24, 2.45) is 0 Å². The van der Waals surface area contributed by atoms with Crippen molar-refractivity contribution in [2.45, 2.75) is 6.92 Å². The SMILES string of the molecule is CC[O][Al]([O]C)[O]C.[Na]. The first-order chi connectivity index (χ1) is 3.85. The Morgan fingerprint density at radius 3 is 1.78 bits per heavy atom. The van der Waals surface area contributed by atoms with Gasteiger partial charge >= 0.3 is 15.1 Å². The third-order valence-electron chi connectivity index (χ3n) is 0.688. The molecule has 0 rings (SSSR count). The van der Waals surface area contributed by atoms with Crippen LogP contribution >= 0.6 is 0 Å². The van der Waals surface area contributed by atoms with Crippen molar-refractivity contribution in [2.75, 3.05) is 20.8 Å². The first-order valence-corrected chi connectivity index (χ1v) is 3.93. The average molecular weight is 157 g/mol. The summed E-state index contributed by atoms with van der Waals surface area (Å²) in [4.78, 5) is 0. The van der Waals surface area contributed by atoms with Crippen LogP contribution in [0.4, 0.5) is 0 Å².